The van der Waals surface area contributed by atoms with Crippen LogP contribution >= 0.6 is 43.5 Å². The van der Waals surface area contributed by atoms with Crippen molar-refractivity contribution in [3.8, 4) is 0 Å². The summed E-state index contributed by atoms with van der Waals surface area (Å²) in [5.74, 6) is -0.365. The Balaban J connectivity index is 2.36. The number of rotatable bonds is 5. The van der Waals surface area contributed by atoms with Gasteiger partial charge in [-0.3, -0.25) is 0 Å². The molecule has 0 aliphatic rings. The van der Waals surface area contributed by atoms with Crippen molar-refractivity contribution in [3.63, 3.8) is 0 Å². The molecule has 2 aromatic carbocycles. The van der Waals surface area contributed by atoms with Crippen molar-refractivity contribution >= 4 is 43.5 Å². The lowest BCUT2D eigenvalue weighted by Gasteiger charge is -2.31. The molecule has 106 valence electrons. The second kappa shape index (κ2) is 7.06. The monoisotopic (exact) mass is 418 g/mol. The van der Waals surface area contributed by atoms with Crippen LogP contribution in [-0.4, -0.2) is 10.7 Å². The largest absolute Gasteiger partial charge is 0.205 e. The highest BCUT2D eigenvalue weighted by Crippen LogP contribution is 2.33. The summed E-state index contributed by atoms with van der Waals surface area (Å²) in [5, 5.41) is 1.75. The summed E-state index contributed by atoms with van der Waals surface area (Å²) in [6.45, 7) is 0. The molecule has 0 aromatic heterocycles. The topological polar surface area (TPSA) is 0 Å². The first-order chi connectivity index (χ1) is 9.61. The summed E-state index contributed by atoms with van der Waals surface area (Å²) in [6, 6.07) is 15.3. The van der Waals surface area contributed by atoms with E-state index in [9.17, 15) is 4.39 Å². The van der Waals surface area contributed by atoms with Crippen LogP contribution in [0.5, 0.6) is 0 Å². The van der Waals surface area contributed by atoms with Gasteiger partial charge in [-0.2, -0.15) is 0 Å². The zero-order chi connectivity index (χ0) is 14.6. The Bertz CT molecular complexity index is 568. The van der Waals surface area contributed by atoms with Gasteiger partial charge >= 0.3 is 0 Å². The summed E-state index contributed by atoms with van der Waals surface area (Å²) in [4.78, 5) is 0. The molecule has 0 aliphatic heterocycles. The first-order valence-electron chi connectivity index (χ1n) is 6.23. The molecule has 0 heterocycles. The lowest BCUT2D eigenvalue weighted by molar-refractivity contribution is 0.547. The summed E-state index contributed by atoms with van der Waals surface area (Å²) >= 11 is 13.0. The van der Waals surface area contributed by atoms with Gasteiger partial charge in [-0.15, -0.1) is 0 Å². The van der Waals surface area contributed by atoms with Gasteiger partial charge in [0.2, 0.25) is 0 Å². The molecular weight excluding hydrogens is 406 g/mol. The van der Waals surface area contributed by atoms with E-state index in [1.807, 2.05) is 24.3 Å². The molecule has 0 fully saturated rings. The van der Waals surface area contributed by atoms with Crippen LogP contribution in [0.25, 0.3) is 0 Å². The Morgan fingerprint density at radius 3 is 2.20 bits per heavy atom. The molecule has 0 N–H and O–H groups in total. The van der Waals surface area contributed by atoms with E-state index in [4.69, 9.17) is 11.6 Å². The average molecular weight is 421 g/mol. The van der Waals surface area contributed by atoms with Gasteiger partial charge in [0.25, 0.3) is 0 Å². The second-order valence-electron chi connectivity index (χ2n) is 4.84. The molecule has 0 saturated carbocycles. The molecule has 0 bridgehead atoms. The van der Waals surface area contributed by atoms with Gasteiger partial charge in [-0.25, -0.2) is 4.39 Å². The van der Waals surface area contributed by atoms with Gasteiger partial charge in [0.1, 0.15) is 5.82 Å². The van der Waals surface area contributed by atoms with E-state index in [2.05, 4.69) is 44.0 Å². The predicted molar refractivity (Wildman–Crippen MR) is 90.8 cm³/mol. The molecule has 20 heavy (non-hydrogen) atoms. The minimum atomic E-state index is -0.365. The van der Waals surface area contributed by atoms with E-state index in [0.29, 0.717) is 0 Å². The van der Waals surface area contributed by atoms with Crippen LogP contribution in [0.3, 0.4) is 0 Å². The zero-order valence-electron chi connectivity index (χ0n) is 10.8. The van der Waals surface area contributed by atoms with Gasteiger partial charge < -0.3 is 0 Å². The fourth-order valence-electron chi connectivity index (χ4n) is 2.22. The van der Waals surface area contributed by atoms with Crippen molar-refractivity contribution in [3.05, 3.63) is 70.5 Å². The lowest BCUT2D eigenvalue weighted by Crippen LogP contribution is -2.33. The van der Waals surface area contributed by atoms with E-state index >= 15 is 0 Å². The zero-order valence-corrected chi connectivity index (χ0v) is 14.7. The number of benzene rings is 2. The highest BCUT2D eigenvalue weighted by atomic mass is 79.9. The van der Waals surface area contributed by atoms with Crippen molar-refractivity contribution in [2.45, 2.75) is 11.8 Å². The molecule has 0 amide bonds. The molecule has 2 aromatic rings. The maximum atomic E-state index is 13.6. The summed E-state index contributed by atoms with van der Waals surface area (Å²) in [6.07, 6.45) is 0.738. The molecule has 0 radical (unpaired) electrons. The SMILES string of the molecule is Fc1cc(CC(CBr)(CBr)c2ccccc2)ccc1Cl. The van der Waals surface area contributed by atoms with Crippen molar-refractivity contribution < 1.29 is 4.39 Å². The summed E-state index contributed by atoms with van der Waals surface area (Å²) in [5.41, 5.74) is 2.06. The quantitative estimate of drug-likeness (QED) is 0.541. The maximum Gasteiger partial charge on any atom is 0.142 e. The fourth-order valence-corrected chi connectivity index (χ4v) is 4.31. The van der Waals surface area contributed by atoms with Gasteiger partial charge in [-0.05, 0) is 29.7 Å². The Hall–Kier alpha value is -0.380. The van der Waals surface area contributed by atoms with Crippen LogP contribution in [0.15, 0.2) is 48.5 Å². The van der Waals surface area contributed by atoms with Gasteiger partial charge in [0.05, 0.1) is 5.02 Å². The first kappa shape index (κ1) is 16.0. The molecule has 0 spiro atoms. The minimum absolute atomic E-state index is 0.110. The van der Waals surface area contributed by atoms with Crippen LogP contribution in [0.4, 0.5) is 4.39 Å². The van der Waals surface area contributed by atoms with Crippen LogP contribution in [-0.2, 0) is 11.8 Å². The highest BCUT2D eigenvalue weighted by molar-refractivity contribution is 9.09. The Kier molecular flexibility index (Phi) is 5.65. The molecule has 0 nitrogen and oxygen atoms in total. The molecule has 2 rings (SSSR count). The van der Waals surface area contributed by atoms with E-state index in [1.165, 1.54) is 11.6 Å². The van der Waals surface area contributed by atoms with Crippen LogP contribution < -0.4 is 0 Å². The highest BCUT2D eigenvalue weighted by Gasteiger charge is 2.30. The number of hydrogen-bond acceptors (Lipinski definition) is 0. The standard InChI is InChI=1S/C16H14Br2ClF/c17-10-16(11-18,13-4-2-1-3-5-13)9-12-6-7-14(19)15(20)8-12/h1-8H,9-11H2. The summed E-state index contributed by atoms with van der Waals surface area (Å²) in [7, 11) is 0. The summed E-state index contributed by atoms with van der Waals surface area (Å²) < 4.78 is 13.6. The Labute approximate surface area is 140 Å². The average Bonchev–Trinajstić information content (AvgIpc) is 2.49. The van der Waals surface area contributed by atoms with Crippen LogP contribution in [0, 0.1) is 5.82 Å². The predicted octanol–water partition coefficient (Wildman–Crippen LogP) is 5.75. The smallest absolute Gasteiger partial charge is 0.142 e. The van der Waals surface area contributed by atoms with E-state index < -0.39 is 0 Å². The third-order valence-electron chi connectivity index (χ3n) is 3.42. The normalized spacial score (nSPS) is 11.6. The van der Waals surface area contributed by atoms with Crippen LogP contribution in [0.1, 0.15) is 11.1 Å². The number of halogens is 4. The molecule has 4 heteroatoms. The third-order valence-corrected chi connectivity index (χ3v) is 5.88. The Morgan fingerprint density at radius 2 is 1.65 bits per heavy atom. The molecule has 0 aliphatic carbocycles. The number of hydrogen-bond donors (Lipinski definition) is 0. The second-order valence-corrected chi connectivity index (χ2v) is 6.37. The fraction of sp³-hybridized carbons (Fsp3) is 0.250. The lowest BCUT2D eigenvalue weighted by atomic mass is 9.79. The third kappa shape index (κ3) is 3.44. The van der Waals surface area contributed by atoms with Crippen LogP contribution in [0.2, 0.25) is 5.02 Å². The molecule has 0 saturated heterocycles. The molecule has 0 unspecified atom stereocenters. The van der Waals surface area contributed by atoms with E-state index in [1.54, 1.807) is 6.07 Å². The molecular formula is C16H14Br2ClF. The number of alkyl halides is 2. The van der Waals surface area contributed by atoms with Gasteiger partial charge in [0.15, 0.2) is 0 Å². The van der Waals surface area contributed by atoms with E-state index in [0.717, 1.165) is 22.6 Å². The van der Waals surface area contributed by atoms with Crippen molar-refractivity contribution in [2.75, 3.05) is 10.7 Å². The van der Waals surface area contributed by atoms with Gasteiger partial charge in [0, 0.05) is 16.1 Å². The maximum absolute atomic E-state index is 13.6. The van der Waals surface area contributed by atoms with Crippen molar-refractivity contribution in [2.24, 2.45) is 0 Å². The van der Waals surface area contributed by atoms with E-state index in [-0.39, 0.29) is 16.3 Å². The molecule has 0 atom stereocenters. The van der Waals surface area contributed by atoms with Crippen molar-refractivity contribution in [1.82, 2.24) is 0 Å². The first-order valence-corrected chi connectivity index (χ1v) is 8.85. The minimum Gasteiger partial charge on any atom is -0.205 e. The van der Waals surface area contributed by atoms with Gasteiger partial charge in [-0.1, -0.05) is 79.9 Å². The van der Waals surface area contributed by atoms with Crippen molar-refractivity contribution in [1.29, 1.82) is 0 Å². The Morgan fingerprint density at radius 1 is 1.00 bits per heavy atom.